The molecule has 0 N–H and O–H groups in total. The molecule has 4 heteroatoms. The van der Waals surface area contributed by atoms with Gasteiger partial charge in [-0.3, -0.25) is 0 Å². The average molecular weight is 728 g/mol. The maximum atomic E-state index is 6.65. The number of hydrogen-bond acceptors (Lipinski definition) is 4. The fourth-order valence-electron chi connectivity index (χ4n) is 8.14. The van der Waals surface area contributed by atoms with Crippen LogP contribution in [-0.2, 0) is 0 Å². The van der Waals surface area contributed by atoms with Crippen molar-refractivity contribution in [2.24, 2.45) is 0 Å². The molecule has 0 saturated carbocycles. The summed E-state index contributed by atoms with van der Waals surface area (Å²) in [4.78, 5) is 15.3. The van der Waals surface area contributed by atoms with Crippen LogP contribution in [0.1, 0.15) is 0 Å². The summed E-state index contributed by atoms with van der Waals surface area (Å²) in [5.74, 6) is 1.84. The normalized spacial score (nSPS) is 11.5. The largest absolute Gasteiger partial charge is 0.456 e. The van der Waals surface area contributed by atoms with Gasteiger partial charge in [0.25, 0.3) is 0 Å². The van der Waals surface area contributed by atoms with E-state index >= 15 is 0 Å². The van der Waals surface area contributed by atoms with Gasteiger partial charge in [-0.25, -0.2) is 15.0 Å². The van der Waals surface area contributed by atoms with E-state index in [1.54, 1.807) is 0 Å². The fraction of sp³-hybridized carbons (Fsp3) is 0. The number of furan rings is 1. The molecule has 57 heavy (non-hydrogen) atoms. The van der Waals surface area contributed by atoms with E-state index in [0.29, 0.717) is 17.5 Å². The molecule has 0 saturated heterocycles. The van der Waals surface area contributed by atoms with Gasteiger partial charge in [-0.15, -0.1) is 0 Å². The van der Waals surface area contributed by atoms with E-state index in [9.17, 15) is 0 Å². The summed E-state index contributed by atoms with van der Waals surface area (Å²) in [5, 5.41) is 6.85. The second-order valence-corrected chi connectivity index (χ2v) is 14.4. The second kappa shape index (κ2) is 13.6. The minimum Gasteiger partial charge on any atom is -0.456 e. The molecule has 11 rings (SSSR count). The topological polar surface area (TPSA) is 51.8 Å². The Morgan fingerprint density at radius 3 is 1.54 bits per heavy atom. The highest BCUT2D eigenvalue weighted by atomic mass is 16.3. The summed E-state index contributed by atoms with van der Waals surface area (Å²) in [6.45, 7) is 0. The van der Waals surface area contributed by atoms with Crippen LogP contribution in [-0.4, -0.2) is 15.0 Å². The lowest BCUT2D eigenvalue weighted by Gasteiger charge is -2.11. The van der Waals surface area contributed by atoms with Crippen LogP contribution < -0.4 is 0 Å². The highest BCUT2D eigenvalue weighted by molar-refractivity contribution is 6.23. The maximum Gasteiger partial charge on any atom is 0.164 e. The Bertz CT molecular complexity index is 3270. The van der Waals surface area contributed by atoms with Crippen molar-refractivity contribution in [3.8, 4) is 67.5 Å². The summed E-state index contributed by atoms with van der Waals surface area (Å²) in [6, 6.07) is 69.9. The molecule has 2 aromatic heterocycles. The Balaban J connectivity index is 1.05. The molecule has 11 aromatic rings. The Labute approximate surface area is 329 Å². The van der Waals surface area contributed by atoms with E-state index in [1.165, 1.54) is 32.8 Å². The Morgan fingerprint density at radius 2 is 0.789 bits per heavy atom. The molecule has 0 spiro atoms. The summed E-state index contributed by atoms with van der Waals surface area (Å²) >= 11 is 0. The monoisotopic (exact) mass is 727 g/mol. The van der Waals surface area contributed by atoms with Gasteiger partial charge >= 0.3 is 0 Å². The van der Waals surface area contributed by atoms with E-state index in [1.807, 2.05) is 42.5 Å². The Kier molecular flexibility index (Phi) is 7.78. The summed E-state index contributed by atoms with van der Waals surface area (Å²) in [6.07, 6.45) is 0. The van der Waals surface area contributed by atoms with E-state index in [0.717, 1.165) is 60.7 Å². The van der Waals surface area contributed by atoms with Crippen molar-refractivity contribution in [3.63, 3.8) is 0 Å². The van der Waals surface area contributed by atoms with Crippen LogP contribution in [0.3, 0.4) is 0 Å². The fourth-order valence-corrected chi connectivity index (χ4v) is 8.14. The van der Waals surface area contributed by atoms with Crippen molar-refractivity contribution in [1.29, 1.82) is 0 Å². The van der Waals surface area contributed by atoms with Crippen molar-refractivity contribution in [3.05, 3.63) is 200 Å². The van der Waals surface area contributed by atoms with Crippen molar-refractivity contribution in [1.82, 2.24) is 15.0 Å². The number of benzene rings is 9. The third kappa shape index (κ3) is 5.83. The summed E-state index contributed by atoms with van der Waals surface area (Å²) < 4.78 is 6.65. The molecular weight excluding hydrogens is 695 g/mol. The zero-order valence-corrected chi connectivity index (χ0v) is 30.8. The first kappa shape index (κ1) is 32.7. The summed E-state index contributed by atoms with van der Waals surface area (Å²) in [7, 11) is 0. The van der Waals surface area contributed by atoms with Gasteiger partial charge < -0.3 is 4.42 Å². The highest BCUT2D eigenvalue weighted by Gasteiger charge is 2.19. The third-order valence-electron chi connectivity index (χ3n) is 10.9. The van der Waals surface area contributed by atoms with E-state index < -0.39 is 0 Å². The van der Waals surface area contributed by atoms with Gasteiger partial charge in [0.1, 0.15) is 11.2 Å². The Hall–Kier alpha value is -7.69. The molecule has 0 aliphatic carbocycles. The van der Waals surface area contributed by atoms with Gasteiger partial charge in [0.05, 0.1) is 0 Å². The molecular formula is C53H33N3O. The zero-order chi connectivity index (χ0) is 37.7. The van der Waals surface area contributed by atoms with Crippen LogP contribution >= 0.6 is 0 Å². The quantitative estimate of drug-likeness (QED) is 0.171. The molecule has 0 atom stereocenters. The average Bonchev–Trinajstić information content (AvgIpc) is 3.67. The van der Waals surface area contributed by atoms with Crippen LogP contribution in [0.4, 0.5) is 0 Å². The SMILES string of the molecule is c1ccc(-c2ccc(-c3cccc(-c4nc(-c5ccccc5)nc(-c5ccc6oc7cc(-c8cccc9ccccc89)c8ccccc8c7c6c5)n4)c3)cc2)cc1. The molecule has 0 bridgehead atoms. The molecule has 9 aromatic carbocycles. The third-order valence-corrected chi connectivity index (χ3v) is 10.9. The van der Waals surface area contributed by atoms with Crippen molar-refractivity contribution in [2.75, 3.05) is 0 Å². The Morgan fingerprint density at radius 1 is 0.281 bits per heavy atom. The van der Waals surface area contributed by atoms with Crippen molar-refractivity contribution >= 4 is 43.5 Å². The van der Waals surface area contributed by atoms with Crippen molar-refractivity contribution < 1.29 is 4.42 Å². The first-order valence-electron chi connectivity index (χ1n) is 19.2. The van der Waals surface area contributed by atoms with Gasteiger partial charge in [0.15, 0.2) is 17.5 Å². The minimum absolute atomic E-state index is 0.601. The first-order chi connectivity index (χ1) is 28.2. The molecule has 0 unspecified atom stereocenters. The first-order valence-corrected chi connectivity index (χ1v) is 19.2. The van der Waals surface area contributed by atoms with Gasteiger partial charge in [-0.05, 0) is 85.3 Å². The lowest BCUT2D eigenvalue weighted by Crippen LogP contribution is -2.00. The molecule has 2 heterocycles. The predicted octanol–water partition coefficient (Wildman–Crippen LogP) is 14.1. The zero-order valence-electron chi connectivity index (χ0n) is 30.8. The van der Waals surface area contributed by atoms with Crippen molar-refractivity contribution in [2.45, 2.75) is 0 Å². The molecule has 266 valence electrons. The van der Waals surface area contributed by atoms with E-state index in [2.05, 4.69) is 158 Å². The van der Waals surface area contributed by atoms with Gasteiger partial charge in [-0.1, -0.05) is 170 Å². The number of hydrogen-bond donors (Lipinski definition) is 0. The lowest BCUT2D eigenvalue weighted by atomic mass is 9.92. The van der Waals surface area contributed by atoms with Gasteiger partial charge in [0, 0.05) is 27.5 Å². The van der Waals surface area contributed by atoms with E-state index in [4.69, 9.17) is 19.4 Å². The van der Waals surface area contributed by atoms with Crippen LogP contribution in [0.5, 0.6) is 0 Å². The van der Waals surface area contributed by atoms with Crippen LogP contribution in [0.25, 0.3) is 111 Å². The van der Waals surface area contributed by atoms with Gasteiger partial charge in [0.2, 0.25) is 0 Å². The molecule has 0 radical (unpaired) electrons. The highest BCUT2D eigenvalue weighted by Crippen LogP contribution is 2.42. The lowest BCUT2D eigenvalue weighted by molar-refractivity contribution is 0.669. The predicted molar refractivity (Wildman–Crippen MR) is 235 cm³/mol. The number of fused-ring (bicyclic) bond motifs is 6. The standard InChI is InChI=1S/C53H33N3O/c1-3-13-34(14-4-1)35-25-27-36(28-26-35)39-19-11-20-40(31-39)52-54-51(38-16-5-2-6-17-38)55-53(56-52)41-29-30-48-47(32-41)50-45-23-10-9-22-44(45)46(33-49(50)57-48)43-24-12-18-37-15-7-8-21-42(37)43/h1-33H. The molecule has 0 aliphatic rings. The minimum atomic E-state index is 0.601. The smallest absolute Gasteiger partial charge is 0.164 e. The molecule has 0 amide bonds. The summed E-state index contributed by atoms with van der Waals surface area (Å²) in [5.41, 5.74) is 11.3. The molecule has 0 aliphatic heterocycles. The number of nitrogens with zero attached hydrogens (tertiary/aromatic N) is 3. The second-order valence-electron chi connectivity index (χ2n) is 14.4. The number of aromatic nitrogens is 3. The van der Waals surface area contributed by atoms with Crippen LogP contribution in [0.2, 0.25) is 0 Å². The van der Waals surface area contributed by atoms with Crippen LogP contribution in [0, 0.1) is 0 Å². The van der Waals surface area contributed by atoms with E-state index in [-0.39, 0.29) is 0 Å². The molecule has 0 fully saturated rings. The number of rotatable bonds is 6. The van der Waals surface area contributed by atoms with Gasteiger partial charge in [-0.2, -0.15) is 0 Å². The molecule has 4 nitrogen and oxygen atoms in total. The van der Waals surface area contributed by atoms with Crippen LogP contribution in [0.15, 0.2) is 205 Å². The maximum absolute atomic E-state index is 6.65.